The van der Waals surface area contributed by atoms with Gasteiger partial charge in [0, 0.05) is 24.7 Å². The van der Waals surface area contributed by atoms with Crippen LogP contribution in [0.25, 0.3) is 0 Å². The van der Waals surface area contributed by atoms with E-state index in [1.165, 1.54) is 4.90 Å². The molecule has 2 aliphatic heterocycles. The number of carbonyl (C=O) groups is 4. The van der Waals surface area contributed by atoms with Crippen molar-refractivity contribution < 1.29 is 28.7 Å². The third-order valence-corrected chi connectivity index (χ3v) is 7.61. The van der Waals surface area contributed by atoms with Crippen LogP contribution in [0.3, 0.4) is 0 Å². The second kappa shape index (κ2) is 8.08. The first-order valence-electron chi connectivity index (χ1n) is 11.8. The summed E-state index contributed by atoms with van der Waals surface area (Å²) in [7, 11) is 1.57. The molecule has 5 atom stereocenters. The molecule has 3 amide bonds. The number of methoxy groups -OCH3 is 1. The molecule has 3 fully saturated rings. The van der Waals surface area contributed by atoms with Crippen LogP contribution in [-0.2, 0) is 19.2 Å². The molecule has 2 aliphatic carbocycles. The average Bonchev–Trinajstić information content (AvgIpc) is 3.63. The third kappa shape index (κ3) is 3.43. The summed E-state index contributed by atoms with van der Waals surface area (Å²) >= 11 is 0. The standard InChI is InChI=1S/C27H24N2O6/c1-34-20-9-7-18(8-10-20)28-14-17(12-22(28)30)27(33)35-21-4-2-3-19(13-21)29-25(31)23-15-5-6-16(11-15)24(23)26(29)32/h2-10,13,15-17,23-24H,11-12,14H2,1H3/t15-,16-,17+,23-,24-/m0/s1. The van der Waals surface area contributed by atoms with Crippen LogP contribution < -0.4 is 19.3 Å². The zero-order chi connectivity index (χ0) is 24.3. The minimum Gasteiger partial charge on any atom is -0.497 e. The van der Waals surface area contributed by atoms with E-state index in [-0.39, 0.29) is 60.1 Å². The fourth-order valence-corrected chi connectivity index (χ4v) is 5.92. The lowest BCUT2D eigenvalue weighted by molar-refractivity contribution is -0.139. The van der Waals surface area contributed by atoms with E-state index >= 15 is 0 Å². The van der Waals surface area contributed by atoms with Crippen LogP contribution in [0.4, 0.5) is 11.4 Å². The molecule has 0 spiro atoms. The number of hydrogen-bond donors (Lipinski definition) is 0. The van der Waals surface area contributed by atoms with Gasteiger partial charge in [-0.1, -0.05) is 18.2 Å². The SMILES string of the molecule is COc1ccc(N2C[C@H](C(=O)Oc3cccc(N4C(=O)[C@@H]5[C@@H](C4=O)[C@H]4C=C[C@H]5C4)c3)CC2=O)cc1. The molecule has 4 aliphatic rings. The Hall–Kier alpha value is -3.94. The zero-order valence-electron chi connectivity index (χ0n) is 19.1. The lowest BCUT2D eigenvalue weighted by atomic mass is 9.85. The normalized spacial score (nSPS) is 28.7. The van der Waals surface area contributed by atoms with Crippen LogP contribution in [0.1, 0.15) is 12.8 Å². The molecule has 2 saturated heterocycles. The summed E-state index contributed by atoms with van der Waals surface area (Å²) in [6.45, 7) is 0.214. The van der Waals surface area contributed by atoms with Gasteiger partial charge in [0.05, 0.1) is 30.6 Å². The second-order valence-electron chi connectivity index (χ2n) is 9.53. The average molecular weight is 472 g/mol. The monoisotopic (exact) mass is 472 g/mol. The van der Waals surface area contributed by atoms with E-state index in [9.17, 15) is 19.2 Å². The minimum atomic E-state index is -0.621. The third-order valence-electron chi connectivity index (χ3n) is 7.61. The number of allylic oxidation sites excluding steroid dienone is 2. The van der Waals surface area contributed by atoms with Gasteiger partial charge in [-0.05, 0) is 54.7 Å². The van der Waals surface area contributed by atoms with Crippen molar-refractivity contribution >= 4 is 35.1 Å². The summed E-state index contributed by atoms with van der Waals surface area (Å²) in [5, 5.41) is 0. The largest absolute Gasteiger partial charge is 0.497 e. The Kier molecular flexibility index (Phi) is 4.98. The number of imide groups is 1. The molecule has 2 heterocycles. The Bertz CT molecular complexity index is 1240. The molecule has 8 nitrogen and oxygen atoms in total. The maximum Gasteiger partial charge on any atom is 0.316 e. The van der Waals surface area contributed by atoms with Crippen LogP contribution in [0, 0.1) is 29.6 Å². The van der Waals surface area contributed by atoms with Crippen molar-refractivity contribution in [2.45, 2.75) is 12.8 Å². The summed E-state index contributed by atoms with van der Waals surface area (Å²) in [6.07, 6.45) is 5.02. The molecule has 8 heteroatoms. The Labute approximate surface area is 202 Å². The molecule has 2 aromatic carbocycles. The van der Waals surface area contributed by atoms with E-state index in [2.05, 4.69) is 12.2 Å². The summed E-state index contributed by atoms with van der Waals surface area (Å²) < 4.78 is 10.7. The van der Waals surface area contributed by atoms with E-state index < -0.39 is 11.9 Å². The van der Waals surface area contributed by atoms with Gasteiger partial charge in [0.15, 0.2) is 0 Å². The number of nitrogens with zero attached hydrogens (tertiary/aromatic N) is 2. The van der Waals surface area contributed by atoms with Gasteiger partial charge in [0.1, 0.15) is 11.5 Å². The van der Waals surface area contributed by atoms with Crippen molar-refractivity contribution in [2.75, 3.05) is 23.5 Å². The first-order valence-corrected chi connectivity index (χ1v) is 11.8. The van der Waals surface area contributed by atoms with Crippen LogP contribution >= 0.6 is 0 Å². The van der Waals surface area contributed by atoms with Crippen molar-refractivity contribution in [3.05, 3.63) is 60.7 Å². The lowest BCUT2D eigenvalue weighted by Crippen LogP contribution is -2.32. The molecule has 1 saturated carbocycles. The number of ether oxygens (including phenoxy) is 2. The van der Waals surface area contributed by atoms with Crippen molar-refractivity contribution in [3.8, 4) is 11.5 Å². The fraction of sp³-hybridized carbons (Fsp3) is 0.333. The van der Waals surface area contributed by atoms with E-state index in [4.69, 9.17) is 9.47 Å². The quantitative estimate of drug-likeness (QED) is 0.288. The molecule has 0 radical (unpaired) electrons. The van der Waals surface area contributed by atoms with Gasteiger partial charge in [-0.2, -0.15) is 0 Å². The van der Waals surface area contributed by atoms with Crippen LogP contribution in [0.2, 0.25) is 0 Å². The van der Waals surface area contributed by atoms with Gasteiger partial charge in [-0.15, -0.1) is 0 Å². The van der Waals surface area contributed by atoms with E-state index in [0.29, 0.717) is 17.1 Å². The summed E-state index contributed by atoms with van der Waals surface area (Å²) in [6, 6.07) is 13.5. The number of rotatable bonds is 5. The summed E-state index contributed by atoms with van der Waals surface area (Å²) in [5.41, 5.74) is 1.09. The molecule has 6 rings (SSSR count). The van der Waals surface area contributed by atoms with Gasteiger partial charge in [-0.3, -0.25) is 19.2 Å². The Morgan fingerprint density at radius 3 is 2.23 bits per heavy atom. The van der Waals surface area contributed by atoms with Crippen molar-refractivity contribution in [3.63, 3.8) is 0 Å². The highest BCUT2D eigenvalue weighted by atomic mass is 16.5. The van der Waals surface area contributed by atoms with Gasteiger partial charge < -0.3 is 14.4 Å². The van der Waals surface area contributed by atoms with Crippen LogP contribution in [0.5, 0.6) is 11.5 Å². The van der Waals surface area contributed by atoms with Crippen molar-refractivity contribution in [1.29, 1.82) is 0 Å². The summed E-state index contributed by atoms with van der Waals surface area (Å²) in [5.74, 6) is -1.09. The molecular weight excluding hydrogens is 448 g/mol. The number of anilines is 2. The number of fused-ring (bicyclic) bond motifs is 5. The first-order chi connectivity index (χ1) is 16.9. The van der Waals surface area contributed by atoms with E-state index in [1.54, 1.807) is 60.5 Å². The maximum atomic E-state index is 13.1. The zero-order valence-corrected chi connectivity index (χ0v) is 19.1. The predicted octanol–water partition coefficient (Wildman–Crippen LogP) is 2.97. The van der Waals surface area contributed by atoms with E-state index in [0.717, 1.165) is 6.42 Å². The first kappa shape index (κ1) is 21.6. The number of hydrogen-bond acceptors (Lipinski definition) is 6. The van der Waals surface area contributed by atoms with E-state index in [1.807, 2.05) is 0 Å². The number of benzene rings is 2. The highest BCUT2D eigenvalue weighted by molar-refractivity contribution is 6.22. The molecule has 178 valence electrons. The molecule has 0 unspecified atom stereocenters. The highest BCUT2D eigenvalue weighted by Crippen LogP contribution is 2.53. The van der Waals surface area contributed by atoms with Gasteiger partial charge in [-0.25, -0.2) is 4.90 Å². The molecule has 0 N–H and O–H groups in total. The number of carbonyl (C=O) groups excluding carboxylic acids is 4. The Morgan fingerprint density at radius 2 is 1.57 bits per heavy atom. The van der Waals surface area contributed by atoms with Gasteiger partial charge in [0.25, 0.3) is 0 Å². The molecular formula is C27H24N2O6. The Morgan fingerprint density at radius 1 is 0.886 bits per heavy atom. The Balaban J connectivity index is 1.15. The van der Waals surface area contributed by atoms with Crippen LogP contribution in [-0.4, -0.2) is 37.3 Å². The van der Waals surface area contributed by atoms with Gasteiger partial charge >= 0.3 is 5.97 Å². The van der Waals surface area contributed by atoms with Gasteiger partial charge in [0.2, 0.25) is 17.7 Å². The molecule has 0 aromatic heterocycles. The molecule has 2 bridgehead atoms. The van der Waals surface area contributed by atoms with Crippen molar-refractivity contribution in [1.82, 2.24) is 0 Å². The summed E-state index contributed by atoms with van der Waals surface area (Å²) in [4.78, 5) is 54.4. The topological polar surface area (TPSA) is 93.2 Å². The molecule has 2 aromatic rings. The maximum absolute atomic E-state index is 13.1. The lowest BCUT2D eigenvalue weighted by Gasteiger charge is -2.18. The predicted molar refractivity (Wildman–Crippen MR) is 126 cm³/mol. The van der Waals surface area contributed by atoms with Crippen LogP contribution in [0.15, 0.2) is 60.7 Å². The number of amides is 3. The minimum absolute atomic E-state index is 0.0484. The second-order valence-corrected chi connectivity index (χ2v) is 9.53. The van der Waals surface area contributed by atoms with Crippen molar-refractivity contribution in [2.24, 2.45) is 29.6 Å². The highest BCUT2D eigenvalue weighted by Gasteiger charge is 2.59. The fourth-order valence-electron chi connectivity index (χ4n) is 5.92. The molecule has 35 heavy (non-hydrogen) atoms. The smallest absolute Gasteiger partial charge is 0.316 e. The number of esters is 1.